The predicted molar refractivity (Wildman–Crippen MR) is 70.1 cm³/mol. The number of aliphatic hydroxyl groups is 2. The van der Waals surface area contributed by atoms with E-state index >= 15 is 0 Å². The molecule has 1 heterocycles. The van der Waals surface area contributed by atoms with Crippen molar-refractivity contribution in [2.45, 2.75) is 19.1 Å². The molecule has 0 spiro atoms. The highest BCUT2D eigenvalue weighted by Gasteiger charge is 2.42. The predicted octanol–water partition coefficient (Wildman–Crippen LogP) is 0.883. The molecule has 19 heavy (non-hydrogen) atoms. The van der Waals surface area contributed by atoms with Crippen molar-refractivity contribution in [1.82, 2.24) is 4.90 Å². The van der Waals surface area contributed by atoms with E-state index in [2.05, 4.69) is 0 Å². The molecule has 0 atom stereocenters. The fourth-order valence-corrected chi connectivity index (χ4v) is 2.39. The van der Waals surface area contributed by atoms with E-state index in [1.54, 1.807) is 17.9 Å². The van der Waals surface area contributed by atoms with Gasteiger partial charge in [-0.1, -0.05) is 17.2 Å². The van der Waals surface area contributed by atoms with E-state index in [0.717, 1.165) is 5.57 Å². The molecule has 0 amide bonds. The zero-order valence-electron chi connectivity index (χ0n) is 11.0. The van der Waals surface area contributed by atoms with Gasteiger partial charge in [0, 0.05) is 17.7 Å². The monoisotopic (exact) mass is 285 g/mol. The van der Waals surface area contributed by atoms with Gasteiger partial charge in [0.2, 0.25) is 5.79 Å². The molecule has 0 unspecified atom stereocenters. The second-order valence-corrected chi connectivity index (χ2v) is 5.45. The van der Waals surface area contributed by atoms with Crippen molar-refractivity contribution in [2.75, 3.05) is 20.6 Å². The van der Waals surface area contributed by atoms with Gasteiger partial charge >= 0.3 is 5.97 Å². The van der Waals surface area contributed by atoms with Crippen LogP contribution in [0.5, 0.6) is 0 Å². The van der Waals surface area contributed by atoms with Crippen LogP contribution >= 0.6 is 11.6 Å². The van der Waals surface area contributed by atoms with Crippen molar-refractivity contribution >= 4 is 17.6 Å². The molecule has 0 saturated heterocycles. The molecule has 6 heteroatoms. The number of fused-ring (bicyclic) bond motifs is 1. The highest BCUT2D eigenvalue weighted by atomic mass is 35.5. The van der Waals surface area contributed by atoms with E-state index in [1.807, 2.05) is 14.1 Å². The summed E-state index contributed by atoms with van der Waals surface area (Å²) in [6.07, 6.45) is 1.81. The average molecular weight is 286 g/mol. The third kappa shape index (κ3) is 2.47. The standard InChI is InChI=1S/C13H16ClNO4/c1-7-4-10(16)19-11-9(7)5-8(6-15(2)3)13(17,18)12(11)14/h5,17-18H,4,6H2,1-3H3. The van der Waals surface area contributed by atoms with Crippen LogP contribution in [0.25, 0.3) is 0 Å². The molecule has 0 bridgehead atoms. The molecule has 1 aliphatic heterocycles. The smallest absolute Gasteiger partial charge is 0.315 e. The van der Waals surface area contributed by atoms with E-state index in [4.69, 9.17) is 16.3 Å². The lowest BCUT2D eigenvalue weighted by Gasteiger charge is -2.34. The molecule has 0 fully saturated rings. The fraction of sp³-hybridized carbons (Fsp3) is 0.462. The first-order valence-corrected chi connectivity index (χ1v) is 6.23. The van der Waals surface area contributed by atoms with Crippen molar-refractivity contribution in [1.29, 1.82) is 0 Å². The summed E-state index contributed by atoms with van der Waals surface area (Å²) in [7, 11) is 3.62. The minimum absolute atomic E-state index is 0.0444. The lowest BCUT2D eigenvalue weighted by Crippen LogP contribution is -2.40. The molecule has 0 aromatic carbocycles. The number of nitrogens with zero attached hydrogens (tertiary/aromatic N) is 1. The van der Waals surface area contributed by atoms with Crippen LogP contribution in [-0.2, 0) is 9.53 Å². The van der Waals surface area contributed by atoms with Gasteiger partial charge in [-0.05, 0) is 27.1 Å². The number of rotatable bonds is 2. The van der Waals surface area contributed by atoms with Gasteiger partial charge in [-0.3, -0.25) is 4.79 Å². The Balaban J connectivity index is 2.55. The summed E-state index contributed by atoms with van der Waals surface area (Å²) in [5, 5.41) is 20.0. The van der Waals surface area contributed by atoms with Gasteiger partial charge in [0.25, 0.3) is 0 Å². The number of hydrogen-bond acceptors (Lipinski definition) is 5. The van der Waals surface area contributed by atoms with Gasteiger partial charge in [0.15, 0.2) is 5.76 Å². The largest absolute Gasteiger partial charge is 0.424 e. The van der Waals surface area contributed by atoms with Gasteiger partial charge in [-0.25, -0.2) is 0 Å². The Bertz CT molecular complexity index is 529. The Morgan fingerprint density at radius 2 is 2.11 bits per heavy atom. The molecule has 2 rings (SSSR count). The molecule has 0 radical (unpaired) electrons. The van der Waals surface area contributed by atoms with Gasteiger partial charge in [-0.15, -0.1) is 0 Å². The zero-order chi connectivity index (χ0) is 14.4. The molecule has 2 N–H and O–H groups in total. The lowest BCUT2D eigenvalue weighted by molar-refractivity contribution is -0.140. The van der Waals surface area contributed by atoms with Crippen molar-refractivity contribution in [2.24, 2.45) is 0 Å². The summed E-state index contributed by atoms with van der Waals surface area (Å²) in [5.41, 5.74) is 1.80. The molecular formula is C13H16ClNO4. The molecule has 0 aromatic heterocycles. The molecule has 1 aliphatic carbocycles. The number of likely N-dealkylation sites (N-methyl/N-ethyl adjacent to an activating group) is 1. The second kappa shape index (κ2) is 4.76. The van der Waals surface area contributed by atoms with E-state index < -0.39 is 11.8 Å². The fourth-order valence-electron chi connectivity index (χ4n) is 2.13. The Labute approximate surface area is 116 Å². The summed E-state index contributed by atoms with van der Waals surface area (Å²) < 4.78 is 5.03. The Hall–Kier alpha value is -1.14. The summed E-state index contributed by atoms with van der Waals surface area (Å²) in [6, 6.07) is 0. The maximum Gasteiger partial charge on any atom is 0.315 e. The SMILES string of the molecule is CC1=C2C=C(CN(C)C)C(O)(O)C(Cl)=C2OC(=O)C1. The van der Waals surface area contributed by atoms with E-state index in [-0.39, 0.29) is 17.2 Å². The summed E-state index contributed by atoms with van der Waals surface area (Å²) >= 11 is 6.00. The summed E-state index contributed by atoms with van der Waals surface area (Å²) in [4.78, 5) is 13.2. The average Bonchev–Trinajstić information content (AvgIpc) is 2.27. The van der Waals surface area contributed by atoms with Crippen LogP contribution in [-0.4, -0.2) is 47.5 Å². The quantitative estimate of drug-likeness (QED) is 0.582. The number of hydrogen-bond donors (Lipinski definition) is 2. The van der Waals surface area contributed by atoms with Crippen LogP contribution in [0.3, 0.4) is 0 Å². The maximum atomic E-state index is 11.4. The molecule has 5 nitrogen and oxygen atoms in total. The number of esters is 1. The van der Waals surface area contributed by atoms with Crippen molar-refractivity contribution < 1.29 is 19.7 Å². The summed E-state index contributed by atoms with van der Waals surface area (Å²) in [6.45, 7) is 2.13. The number of allylic oxidation sites excluding steroid dienone is 1. The number of carbonyl (C=O) groups is 1. The molecule has 104 valence electrons. The Kier molecular flexibility index (Phi) is 3.57. The highest BCUT2D eigenvalue weighted by Crippen LogP contribution is 2.41. The van der Waals surface area contributed by atoms with Crippen molar-refractivity contribution in [3.05, 3.63) is 33.6 Å². The van der Waals surface area contributed by atoms with Gasteiger partial charge < -0.3 is 19.8 Å². The van der Waals surface area contributed by atoms with Crippen LogP contribution in [0.2, 0.25) is 0 Å². The Morgan fingerprint density at radius 3 is 2.68 bits per heavy atom. The van der Waals surface area contributed by atoms with Crippen LogP contribution in [0.4, 0.5) is 0 Å². The first kappa shape index (κ1) is 14.3. The minimum Gasteiger partial charge on any atom is -0.424 e. The lowest BCUT2D eigenvalue weighted by atomic mass is 9.89. The van der Waals surface area contributed by atoms with Crippen LogP contribution < -0.4 is 0 Å². The molecule has 0 aromatic rings. The van der Waals surface area contributed by atoms with Crippen molar-refractivity contribution in [3.8, 4) is 0 Å². The zero-order valence-corrected chi connectivity index (χ0v) is 11.8. The summed E-state index contributed by atoms with van der Waals surface area (Å²) in [5.74, 6) is -2.71. The molecule has 0 saturated carbocycles. The van der Waals surface area contributed by atoms with Crippen LogP contribution in [0.1, 0.15) is 13.3 Å². The third-order valence-electron chi connectivity index (χ3n) is 3.09. The number of carbonyl (C=O) groups excluding carboxylic acids is 1. The van der Waals surface area contributed by atoms with Gasteiger partial charge in [0.05, 0.1) is 6.42 Å². The van der Waals surface area contributed by atoms with E-state index in [0.29, 0.717) is 17.7 Å². The topological polar surface area (TPSA) is 70.0 Å². The number of halogens is 1. The van der Waals surface area contributed by atoms with Crippen molar-refractivity contribution in [3.63, 3.8) is 0 Å². The first-order valence-electron chi connectivity index (χ1n) is 5.85. The maximum absolute atomic E-state index is 11.4. The van der Waals surface area contributed by atoms with Crippen LogP contribution in [0, 0.1) is 0 Å². The van der Waals surface area contributed by atoms with Gasteiger partial charge in [-0.2, -0.15) is 0 Å². The van der Waals surface area contributed by atoms with E-state index in [9.17, 15) is 15.0 Å². The number of ether oxygens (including phenoxy) is 1. The molecule has 2 aliphatic rings. The van der Waals surface area contributed by atoms with E-state index in [1.165, 1.54) is 0 Å². The third-order valence-corrected chi connectivity index (χ3v) is 3.52. The normalized spacial score (nSPS) is 22.5. The molecular weight excluding hydrogens is 270 g/mol. The highest BCUT2D eigenvalue weighted by molar-refractivity contribution is 6.31. The first-order chi connectivity index (χ1) is 8.73. The second-order valence-electron chi connectivity index (χ2n) is 5.07. The Morgan fingerprint density at radius 1 is 1.47 bits per heavy atom. The minimum atomic E-state index is -2.30. The van der Waals surface area contributed by atoms with Crippen LogP contribution in [0.15, 0.2) is 33.6 Å². The van der Waals surface area contributed by atoms with Gasteiger partial charge in [0.1, 0.15) is 5.03 Å².